The highest BCUT2D eigenvalue weighted by Crippen LogP contribution is 2.24. The van der Waals surface area contributed by atoms with Gasteiger partial charge in [-0.3, -0.25) is 4.79 Å². The first kappa shape index (κ1) is 18.8. The number of aromatic nitrogens is 1. The van der Waals surface area contributed by atoms with Crippen molar-refractivity contribution in [1.29, 1.82) is 0 Å². The molecule has 140 valence electrons. The second-order valence-electron chi connectivity index (χ2n) is 6.75. The number of halogens is 1. The average Bonchev–Trinajstić information content (AvgIpc) is 3.11. The zero-order valence-corrected chi connectivity index (χ0v) is 15.8. The van der Waals surface area contributed by atoms with E-state index in [0.29, 0.717) is 23.6 Å². The molecule has 0 aliphatic heterocycles. The maximum atomic E-state index is 13.8. The van der Waals surface area contributed by atoms with Gasteiger partial charge in [0, 0.05) is 12.8 Å². The van der Waals surface area contributed by atoms with E-state index < -0.39 is 0 Å². The number of nitrogens with one attached hydrogen (secondary N) is 1. The Morgan fingerprint density at radius 2 is 2.00 bits per heavy atom. The van der Waals surface area contributed by atoms with Crippen LogP contribution in [0.4, 0.5) is 4.39 Å². The van der Waals surface area contributed by atoms with E-state index in [2.05, 4.69) is 28.5 Å². The monoisotopic (exact) mass is 366 g/mol. The number of hydrogen-bond donors (Lipinski definition) is 1. The van der Waals surface area contributed by atoms with Crippen LogP contribution in [0.1, 0.15) is 42.0 Å². The molecular weight excluding hydrogens is 343 g/mol. The summed E-state index contributed by atoms with van der Waals surface area (Å²) in [5.41, 5.74) is 3.79. The normalized spacial score (nSPS) is 12.0. The number of carbonyl (C=O) groups excluding carboxylic acids is 1. The second kappa shape index (κ2) is 8.16. The van der Waals surface area contributed by atoms with Crippen LogP contribution in [-0.2, 0) is 11.2 Å². The third kappa shape index (κ3) is 4.61. The number of rotatable bonds is 6. The Balaban J connectivity index is 1.58. The molecule has 2 aromatic carbocycles. The molecule has 1 aromatic heterocycles. The Labute approximate surface area is 158 Å². The van der Waals surface area contributed by atoms with E-state index >= 15 is 0 Å². The van der Waals surface area contributed by atoms with E-state index in [1.165, 1.54) is 12.3 Å². The van der Waals surface area contributed by atoms with Gasteiger partial charge < -0.3 is 9.73 Å². The SMILES string of the molecule is Cc1ccc(C)c(C(C)NC(=O)CCc2ncc(-c3ccccc3F)o2)c1. The lowest BCUT2D eigenvalue weighted by Crippen LogP contribution is -2.27. The maximum absolute atomic E-state index is 13.8. The van der Waals surface area contributed by atoms with E-state index in [9.17, 15) is 9.18 Å². The second-order valence-corrected chi connectivity index (χ2v) is 6.75. The molecule has 3 aromatic rings. The van der Waals surface area contributed by atoms with E-state index in [1.54, 1.807) is 18.2 Å². The van der Waals surface area contributed by atoms with Gasteiger partial charge in [-0.05, 0) is 44.0 Å². The Morgan fingerprint density at radius 3 is 2.78 bits per heavy atom. The summed E-state index contributed by atoms with van der Waals surface area (Å²) in [6.07, 6.45) is 2.11. The molecule has 4 nitrogen and oxygen atoms in total. The lowest BCUT2D eigenvalue weighted by atomic mass is 10.00. The van der Waals surface area contributed by atoms with Crippen LogP contribution >= 0.6 is 0 Å². The van der Waals surface area contributed by atoms with E-state index in [0.717, 1.165) is 16.7 Å². The first-order chi connectivity index (χ1) is 12.9. The standard InChI is InChI=1S/C22H23FN2O2/c1-14-8-9-15(2)18(12-14)16(3)25-21(26)10-11-22-24-13-20(27-22)17-6-4-5-7-19(17)23/h4-9,12-13,16H,10-11H2,1-3H3,(H,25,26). The van der Waals surface area contributed by atoms with Gasteiger partial charge in [0.25, 0.3) is 0 Å². The minimum atomic E-state index is -0.361. The molecule has 1 heterocycles. The molecular formula is C22H23FN2O2. The highest BCUT2D eigenvalue weighted by Gasteiger charge is 2.14. The number of oxazole rings is 1. The van der Waals surface area contributed by atoms with E-state index in [-0.39, 0.29) is 24.2 Å². The average molecular weight is 366 g/mol. The summed E-state index contributed by atoms with van der Waals surface area (Å²) in [6.45, 7) is 6.04. The highest BCUT2D eigenvalue weighted by molar-refractivity contribution is 5.76. The van der Waals surface area contributed by atoms with Crippen molar-refractivity contribution in [1.82, 2.24) is 10.3 Å². The largest absolute Gasteiger partial charge is 0.441 e. The fourth-order valence-electron chi connectivity index (χ4n) is 3.05. The Morgan fingerprint density at radius 1 is 1.22 bits per heavy atom. The summed E-state index contributed by atoms with van der Waals surface area (Å²) in [7, 11) is 0. The third-order valence-corrected chi connectivity index (χ3v) is 4.54. The molecule has 0 fully saturated rings. The van der Waals surface area contributed by atoms with Gasteiger partial charge in [-0.2, -0.15) is 0 Å². The summed E-state index contributed by atoms with van der Waals surface area (Å²) >= 11 is 0. The molecule has 3 rings (SSSR count). The van der Waals surface area contributed by atoms with Gasteiger partial charge in [-0.25, -0.2) is 9.37 Å². The van der Waals surface area contributed by atoms with Crippen LogP contribution in [0.25, 0.3) is 11.3 Å². The third-order valence-electron chi connectivity index (χ3n) is 4.54. The lowest BCUT2D eigenvalue weighted by molar-refractivity contribution is -0.121. The first-order valence-electron chi connectivity index (χ1n) is 9.00. The molecule has 5 heteroatoms. The van der Waals surface area contributed by atoms with Gasteiger partial charge in [-0.1, -0.05) is 35.9 Å². The summed E-state index contributed by atoms with van der Waals surface area (Å²) < 4.78 is 19.4. The molecule has 1 N–H and O–H groups in total. The van der Waals surface area contributed by atoms with Crippen molar-refractivity contribution in [2.75, 3.05) is 0 Å². The Hall–Kier alpha value is -2.95. The van der Waals surface area contributed by atoms with Crippen LogP contribution < -0.4 is 5.32 Å². The zero-order chi connectivity index (χ0) is 19.4. The first-order valence-corrected chi connectivity index (χ1v) is 9.00. The van der Waals surface area contributed by atoms with Crippen molar-refractivity contribution in [2.24, 2.45) is 0 Å². The molecule has 27 heavy (non-hydrogen) atoms. The Kier molecular flexibility index (Phi) is 5.69. The van der Waals surface area contributed by atoms with Crippen LogP contribution in [0.5, 0.6) is 0 Å². The molecule has 0 aliphatic rings. The molecule has 1 amide bonds. The van der Waals surface area contributed by atoms with Crippen molar-refractivity contribution in [3.05, 3.63) is 77.1 Å². The fraction of sp³-hybridized carbons (Fsp3) is 0.273. The van der Waals surface area contributed by atoms with Crippen LogP contribution in [0.3, 0.4) is 0 Å². The quantitative estimate of drug-likeness (QED) is 0.674. The van der Waals surface area contributed by atoms with Crippen LogP contribution in [0.15, 0.2) is 53.1 Å². The lowest BCUT2D eigenvalue weighted by Gasteiger charge is -2.17. The molecule has 1 unspecified atom stereocenters. The summed E-state index contributed by atoms with van der Waals surface area (Å²) in [4.78, 5) is 16.4. The zero-order valence-electron chi connectivity index (χ0n) is 15.8. The molecule has 0 bridgehead atoms. The molecule has 0 spiro atoms. The summed E-state index contributed by atoms with van der Waals surface area (Å²) in [5.74, 6) is 0.351. The van der Waals surface area contributed by atoms with Gasteiger partial charge in [0.15, 0.2) is 11.7 Å². The number of carbonyl (C=O) groups is 1. The van der Waals surface area contributed by atoms with Gasteiger partial charge >= 0.3 is 0 Å². The number of benzene rings is 2. The maximum Gasteiger partial charge on any atom is 0.220 e. The summed E-state index contributed by atoms with van der Waals surface area (Å²) in [6, 6.07) is 12.5. The van der Waals surface area contributed by atoms with Crippen molar-refractivity contribution in [3.63, 3.8) is 0 Å². The molecule has 0 radical (unpaired) electrons. The Bertz CT molecular complexity index is 949. The minimum Gasteiger partial charge on any atom is -0.441 e. The topological polar surface area (TPSA) is 55.1 Å². The minimum absolute atomic E-state index is 0.0732. The summed E-state index contributed by atoms with van der Waals surface area (Å²) in [5, 5.41) is 3.01. The smallest absolute Gasteiger partial charge is 0.220 e. The molecule has 0 saturated heterocycles. The predicted octanol–water partition coefficient (Wildman–Crippen LogP) is 4.91. The number of aryl methyl sites for hydroxylation is 3. The predicted molar refractivity (Wildman–Crippen MR) is 103 cm³/mol. The number of amides is 1. The fourth-order valence-corrected chi connectivity index (χ4v) is 3.05. The number of nitrogens with zero attached hydrogens (tertiary/aromatic N) is 1. The van der Waals surface area contributed by atoms with Crippen molar-refractivity contribution >= 4 is 5.91 Å². The van der Waals surface area contributed by atoms with E-state index in [1.807, 2.05) is 20.8 Å². The molecule has 1 atom stereocenters. The van der Waals surface area contributed by atoms with Gasteiger partial charge in [0.2, 0.25) is 5.91 Å². The molecule has 0 saturated carbocycles. The highest BCUT2D eigenvalue weighted by atomic mass is 19.1. The van der Waals surface area contributed by atoms with E-state index in [4.69, 9.17) is 4.42 Å². The number of hydrogen-bond acceptors (Lipinski definition) is 3. The van der Waals surface area contributed by atoms with Gasteiger partial charge in [0.05, 0.1) is 17.8 Å². The molecule has 0 aliphatic carbocycles. The van der Waals surface area contributed by atoms with Crippen LogP contribution in [0, 0.1) is 19.7 Å². The van der Waals surface area contributed by atoms with Crippen LogP contribution in [0.2, 0.25) is 0 Å². The van der Waals surface area contributed by atoms with Crippen molar-refractivity contribution in [3.8, 4) is 11.3 Å². The van der Waals surface area contributed by atoms with Gasteiger partial charge in [-0.15, -0.1) is 0 Å². The van der Waals surface area contributed by atoms with Crippen molar-refractivity contribution in [2.45, 2.75) is 39.7 Å². The van der Waals surface area contributed by atoms with Crippen LogP contribution in [-0.4, -0.2) is 10.9 Å². The van der Waals surface area contributed by atoms with Gasteiger partial charge in [0.1, 0.15) is 5.82 Å². The van der Waals surface area contributed by atoms with Crippen molar-refractivity contribution < 1.29 is 13.6 Å².